The van der Waals surface area contributed by atoms with Gasteiger partial charge in [0.05, 0.1) is 4.90 Å². The molecule has 24 heavy (non-hydrogen) atoms. The number of nitrogens with one attached hydrogen (secondary N) is 1. The first-order valence-electron chi connectivity index (χ1n) is 7.33. The molecule has 0 aliphatic carbocycles. The minimum atomic E-state index is -3.66. The number of fused-ring (bicyclic) bond motifs is 1. The van der Waals surface area contributed by atoms with Crippen molar-refractivity contribution >= 4 is 26.7 Å². The topological polar surface area (TPSA) is 89.3 Å². The highest BCUT2D eigenvalue weighted by Gasteiger charge is 2.14. The molecule has 0 radical (unpaired) electrons. The molecule has 6 heteroatoms. The van der Waals surface area contributed by atoms with Crippen molar-refractivity contribution in [3.05, 3.63) is 77.9 Å². The van der Waals surface area contributed by atoms with E-state index in [9.17, 15) is 13.2 Å². The molecule has 3 aromatic rings. The fraction of sp³-hybridized carbons (Fsp3) is 0.0556. The summed E-state index contributed by atoms with van der Waals surface area (Å²) in [6, 6.07) is 19.2. The molecule has 0 spiro atoms. The van der Waals surface area contributed by atoms with Gasteiger partial charge in [-0.1, -0.05) is 36.4 Å². The fourth-order valence-electron chi connectivity index (χ4n) is 2.41. The lowest BCUT2D eigenvalue weighted by Crippen LogP contribution is -2.23. The minimum Gasteiger partial charge on any atom is -0.366 e. The van der Waals surface area contributed by atoms with Gasteiger partial charge in [-0.05, 0) is 46.7 Å². The quantitative estimate of drug-likeness (QED) is 0.747. The van der Waals surface area contributed by atoms with Crippen LogP contribution < -0.4 is 10.5 Å². The van der Waals surface area contributed by atoms with Gasteiger partial charge in [-0.3, -0.25) is 4.79 Å². The Morgan fingerprint density at radius 3 is 2.25 bits per heavy atom. The molecule has 0 aliphatic heterocycles. The van der Waals surface area contributed by atoms with Gasteiger partial charge in [-0.15, -0.1) is 0 Å². The molecule has 0 bridgehead atoms. The van der Waals surface area contributed by atoms with Gasteiger partial charge in [0.25, 0.3) is 0 Å². The molecule has 0 heterocycles. The maximum Gasteiger partial charge on any atom is 0.248 e. The average Bonchev–Trinajstić information content (AvgIpc) is 2.60. The normalized spacial score (nSPS) is 11.5. The van der Waals surface area contributed by atoms with Crippen LogP contribution in [-0.4, -0.2) is 14.3 Å². The van der Waals surface area contributed by atoms with E-state index in [1.807, 2.05) is 42.5 Å². The minimum absolute atomic E-state index is 0.0910. The van der Waals surface area contributed by atoms with E-state index in [2.05, 4.69) is 4.72 Å². The smallest absolute Gasteiger partial charge is 0.248 e. The number of rotatable bonds is 5. The number of amides is 1. The second-order valence-corrected chi connectivity index (χ2v) is 7.16. The summed E-state index contributed by atoms with van der Waals surface area (Å²) in [5.74, 6) is -0.594. The van der Waals surface area contributed by atoms with E-state index in [0.29, 0.717) is 0 Å². The molecule has 3 rings (SSSR count). The van der Waals surface area contributed by atoms with Crippen molar-refractivity contribution < 1.29 is 13.2 Å². The van der Waals surface area contributed by atoms with E-state index in [-0.39, 0.29) is 17.0 Å². The lowest BCUT2D eigenvalue weighted by atomic mass is 10.1. The van der Waals surface area contributed by atoms with Crippen LogP contribution in [0.5, 0.6) is 0 Å². The largest absolute Gasteiger partial charge is 0.366 e. The Hall–Kier alpha value is -2.70. The number of carbonyl (C=O) groups is 1. The van der Waals surface area contributed by atoms with Crippen LogP contribution in [0.2, 0.25) is 0 Å². The summed E-state index contributed by atoms with van der Waals surface area (Å²) in [4.78, 5) is 11.1. The van der Waals surface area contributed by atoms with Crippen LogP contribution in [0.4, 0.5) is 0 Å². The summed E-state index contributed by atoms with van der Waals surface area (Å²) in [5, 5.41) is 2.16. The van der Waals surface area contributed by atoms with Crippen molar-refractivity contribution in [1.29, 1.82) is 0 Å². The molecular weight excluding hydrogens is 324 g/mol. The Kier molecular flexibility index (Phi) is 4.33. The van der Waals surface area contributed by atoms with Crippen LogP contribution in [0.15, 0.2) is 71.6 Å². The van der Waals surface area contributed by atoms with E-state index in [1.54, 1.807) is 0 Å². The number of sulfonamides is 1. The first-order chi connectivity index (χ1) is 11.5. The fourth-order valence-corrected chi connectivity index (χ4v) is 3.43. The summed E-state index contributed by atoms with van der Waals surface area (Å²) >= 11 is 0. The Morgan fingerprint density at radius 2 is 1.58 bits per heavy atom. The van der Waals surface area contributed by atoms with Gasteiger partial charge >= 0.3 is 0 Å². The highest BCUT2D eigenvalue weighted by molar-refractivity contribution is 7.89. The van der Waals surface area contributed by atoms with Crippen LogP contribution in [0.3, 0.4) is 0 Å². The maximum absolute atomic E-state index is 12.3. The van der Waals surface area contributed by atoms with Gasteiger partial charge in [-0.2, -0.15) is 0 Å². The molecule has 0 atom stereocenters. The average molecular weight is 340 g/mol. The van der Waals surface area contributed by atoms with Gasteiger partial charge in [-0.25, -0.2) is 13.1 Å². The Labute approximate surface area is 140 Å². The maximum atomic E-state index is 12.3. The number of carbonyl (C=O) groups excluding carboxylic acids is 1. The molecule has 0 aliphatic rings. The van der Waals surface area contributed by atoms with Crippen LogP contribution >= 0.6 is 0 Å². The molecule has 0 saturated carbocycles. The van der Waals surface area contributed by atoms with E-state index < -0.39 is 15.9 Å². The lowest BCUT2D eigenvalue weighted by Gasteiger charge is -2.08. The Bertz CT molecular complexity index is 996. The van der Waals surface area contributed by atoms with Crippen molar-refractivity contribution in [1.82, 2.24) is 4.72 Å². The van der Waals surface area contributed by atoms with Crippen molar-refractivity contribution in [3.63, 3.8) is 0 Å². The van der Waals surface area contributed by atoms with E-state index in [4.69, 9.17) is 5.73 Å². The molecule has 3 N–H and O–H groups in total. The number of hydrogen-bond acceptors (Lipinski definition) is 3. The zero-order valence-electron chi connectivity index (χ0n) is 12.8. The molecule has 0 saturated heterocycles. The summed E-state index contributed by atoms with van der Waals surface area (Å²) in [7, 11) is -3.66. The second-order valence-electron chi connectivity index (χ2n) is 5.39. The number of benzene rings is 3. The Balaban J connectivity index is 1.77. The van der Waals surface area contributed by atoms with Gasteiger partial charge in [0.15, 0.2) is 0 Å². The number of primary amides is 1. The van der Waals surface area contributed by atoms with Crippen molar-refractivity contribution in [3.8, 4) is 0 Å². The second kappa shape index (κ2) is 6.43. The molecule has 3 aromatic carbocycles. The number of nitrogens with two attached hydrogens (primary N) is 1. The summed E-state index contributed by atoms with van der Waals surface area (Å²) in [5.41, 5.74) is 6.28. The molecule has 0 fully saturated rings. The van der Waals surface area contributed by atoms with Gasteiger partial charge in [0, 0.05) is 12.1 Å². The monoisotopic (exact) mass is 340 g/mol. The lowest BCUT2D eigenvalue weighted by molar-refractivity contribution is 0.1000. The van der Waals surface area contributed by atoms with Crippen LogP contribution in [-0.2, 0) is 16.6 Å². The van der Waals surface area contributed by atoms with E-state index >= 15 is 0 Å². The first kappa shape index (κ1) is 16.2. The predicted molar refractivity (Wildman–Crippen MR) is 92.9 cm³/mol. The van der Waals surface area contributed by atoms with Gasteiger partial charge < -0.3 is 5.73 Å². The van der Waals surface area contributed by atoms with Crippen LogP contribution in [0, 0.1) is 0 Å². The molecule has 1 amide bonds. The third-order valence-electron chi connectivity index (χ3n) is 3.73. The van der Waals surface area contributed by atoms with E-state index in [0.717, 1.165) is 16.3 Å². The summed E-state index contributed by atoms with van der Waals surface area (Å²) in [6.07, 6.45) is 0. The highest BCUT2D eigenvalue weighted by Crippen LogP contribution is 2.16. The third kappa shape index (κ3) is 3.45. The third-order valence-corrected chi connectivity index (χ3v) is 5.15. The van der Waals surface area contributed by atoms with Crippen LogP contribution in [0.25, 0.3) is 10.8 Å². The van der Waals surface area contributed by atoms with Crippen molar-refractivity contribution in [2.75, 3.05) is 0 Å². The van der Waals surface area contributed by atoms with Gasteiger partial charge in [0.1, 0.15) is 0 Å². The Morgan fingerprint density at radius 1 is 0.917 bits per heavy atom. The molecule has 5 nitrogen and oxygen atoms in total. The number of hydrogen-bond donors (Lipinski definition) is 2. The standard InChI is InChI=1S/C18H16N2O3S/c19-18(21)15-7-9-17(10-8-15)24(22,23)20-12-13-5-6-14-3-1-2-4-16(14)11-13/h1-11,20H,12H2,(H2,19,21). The van der Waals surface area contributed by atoms with Crippen molar-refractivity contribution in [2.24, 2.45) is 5.73 Å². The SMILES string of the molecule is NC(=O)c1ccc(S(=O)(=O)NCc2ccc3ccccc3c2)cc1. The summed E-state index contributed by atoms with van der Waals surface area (Å²) in [6.45, 7) is 0.185. The molecule has 0 unspecified atom stereocenters. The van der Waals surface area contributed by atoms with Crippen molar-refractivity contribution in [2.45, 2.75) is 11.4 Å². The predicted octanol–water partition coefficient (Wildman–Crippen LogP) is 2.42. The molecule has 122 valence electrons. The highest BCUT2D eigenvalue weighted by atomic mass is 32.2. The van der Waals surface area contributed by atoms with Gasteiger partial charge in [0.2, 0.25) is 15.9 Å². The summed E-state index contributed by atoms with van der Waals surface area (Å²) < 4.78 is 27.2. The zero-order chi connectivity index (χ0) is 17.2. The molecule has 0 aromatic heterocycles. The first-order valence-corrected chi connectivity index (χ1v) is 8.81. The zero-order valence-corrected chi connectivity index (χ0v) is 13.6. The van der Waals surface area contributed by atoms with E-state index in [1.165, 1.54) is 24.3 Å². The molecular formula is C18H16N2O3S. The van der Waals surface area contributed by atoms with Crippen LogP contribution in [0.1, 0.15) is 15.9 Å².